The molecule has 1 aromatic heterocycles. The van der Waals surface area contributed by atoms with Crippen LogP contribution in [0.15, 0.2) is 16.3 Å². The third-order valence-corrected chi connectivity index (χ3v) is 7.08. The first-order valence-corrected chi connectivity index (χ1v) is 8.43. The highest BCUT2D eigenvalue weighted by Gasteiger charge is 2.41. The van der Waals surface area contributed by atoms with Crippen LogP contribution in [0.2, 0.25) is 0 Å². The zero-order valence-electron chi connectivity index (χ0n) is 10.9. The van der Waals surface area contributed by atoms with Crippen molar-refractivity contribution >= 4 is 27.3 Å². The summed E-state index contributed by atoms with van der Waals surface area (Å²) in [4.78, 5) is 11.9. The van der Waals surface area contributed by atoms with Gasteiger partial charge in [-0.05, 0) is 24.5 Å². The second-order valence-corrected chi connectivity index (χ2v) is 8.12. The van der Waals surface area contributed by atoms with Gasteiger partial charge in [0.1, 0.15) is 4.21 Å². The highest BCUT2D eigenvalue weighted by Crippen LogP contribution is 2.32. The zero-order chi connectivity index (χ0) is 14.2. The first kappa shape index (κ1) is 14.5. The van der Waals surface area contributed by atoms with Crippen LogP contribution in [0.25, 0.3) is 0 Å². The highest BCUT2D eigenvalue weighted by atomic mass is 32.2. The highest BCUT2D eigenvalue weighted by molar-refractivity contribution is 7.91. The molecule has 0 aliphatic carbocycles. The fraction of sp³-hybridized carbons (Fsp3) is 0.583. The molecule has 1 atom stereocenters. The van der Waals surface area contributed by atoms with Crippen LogP contribution >= 0.6 is 11.3 Å². The number of carboxylic acid groups (broad SMARTS) is 1. The Kier molecular flexibility index (Phi) is 3.98. The monoisotopic (exact) mass is 303 g/mol. The van der Waals surface area contributed by atoms with Crippen molar-refractivity contribution in [1.29, 1.82) is 0 Å². The molecule has 1 N–H and O–H groups in total. The smallest absolute Gasteiger partial charge is 0.306 e. The molecule has 0 radical (unpaired) electrons. The van der Waals surface area contributed by atoms with Crippen LogP contribution in [0.3, 0.4) is 0 Å². The lowest BCUT2D eigenvalue weighted by molar-refractivity contribution is -0.144. The zero-order valence-corrected chi connectivity index (χ0v) is 12.5. The molecule has 1 aliphatic rings. The molecule has 0 amide bonds. The third kappa shape index (κ3) is 2.68. The first-order chi connectivity index (χ1) is 8.86. The molecule has 0 aromatic carbocycles. The van der Waals surface area contributed by atoms with Crippen molar-refractivity contribution in [2.75, 3.05) is 13.1 Å². The summed E-state index contributed by atoms with van der Waals surface area (Å²) in [5, 5.41) is 8.89. The largest absolute Gasteiger partial charge is 0.481 e. The van der Waals surface area contributed by atoms with Crippen LogP contribution in [0.4, 0.5) is 0 Å². The molecule has 106 valence electrons. The van der Waals surface area contributed by atoms with Crippen molar-refractivity contribution in [2.24, 2.45) is 11.8 Å². The van der Waals surface area contributed by atoms with Crippen LogP contribution in [-0.2, 0) is 21.2 Å². The average Bonchev–Trinajstić information content (AvgIpc) is 2.75. The number of carbonyl (C=O) groups is 1. The van der Waals surface area contributed by atoms with Gasteiger partial charge < -0.3 is 5.11 Å². The Balaban J connectivity index is 2.06. The van der Waals surface area contributed by atoms with E-state index in [2.05, 4.69) is 0 Å². The number of hydrogen-bond donors (Lipinski definition) is 1. The van der Waals surface area contributed by atoms with E-state index in [-0.39, 0.29) is 5.92 Å². The van der Waals surface area contributed by atoms with Crippen LogP contribution in [-0.4, -0.2) is 36.9 Å². The number of carboxylic acids is 1. The summed E-state index contributed by atoms with van der Waals surface area (Å²) >= 11 is 1.29. The van der Waals surface area contributed by atoms with E-state index >= 15 is 0 Å². The predicted octanol–water partition coefficient (Wildman–Crippen LogP) is 1.65. The second-order valence-electron chi connectivity index (χ2n) is 4.78. The molecule has 2 heterocycles. The summed E-state index contributed by atoms with van der Waals surface area (Å²) in [5.41, 5.74) is 0. The number of sulfonamides is 1. The van der Waals surface area contributed by atoms with Gasteiger partial charge >= 0.3 is 5.97 Å². The molecule has 2 rings (SSSR count). The minimum atomic E-state index is -3.42. The Bertz CT molecular complexity index is 572. The molecule has 1 saturated heterocycles. The lowest BCUT2D eigenvalue weighted by atomic mass is 9.89. The molecule has 19 heavy (non-hydrogen) atoms. The summed E-state index contributed by atoms with van der Waals surface area (Å²) in [6.07, 6.45) is 0.818. The van der Waals surface area contributed by atoms with Gasteiger partial charge in [0.15, 0.2) is 0 Å². The quantitative estimate of drug-likeness (QED) is 0.897. The average molecular weight is 303 g/mol. The number of rotatable bonds is 5. The van der Waals surface area contributed by atoms with Crippen molar-refractivity contribution in [3.8, 4) is 0 Å². The van der Waals surface area contributed by atoms with E-state index in [0.29, 0.717) is 17.3 Å². The molecule has 1 fully saturated rings. The Morgan fingerprint density at radius 1 is 1.53 bits per heavy atom. The first-order valence-electron chi connectivity index (χ1n) is 6.18. The van der Waals surface area contributed by atoms with E-state index in [4.69, 9.17) is 5.11 Å². The Hall–Kier alpha value is -0.920. The van der Waals surface area contributed by atoms with Gasteiger partial charge in [-0.1, -0.05) is 13.8 Å². The van der Waals surface area contributed by atoms with Crippen molar-refractivity contribution < 1.29 is 18.3 Å². The number of aliphatic carboxylic acids is 1. The maximum absolute atomic E-state index is 12.3. The van der Waals surface area contributed by atoms with Gasteiger partial charge in [0, 0.05) is 18.0 Å². The van der Waals surface area contributed by atoms with Gasteiger partial charge in [-0.15, -0.1) is 11.3 Å². The van der Waals surface area contributed by atoms with E-state index in [0.717, 1.165) is 11.3 Å². The van der Waals surface area contributed by atoms with E-state index in [1.54, 1.807) is 13.0 Å². The van der Waals surface area contributed by atoms with Crippen molar-refractivity contribution in [2.45, 2.75) is 24.5 Å². The third-order valence-electron chi connectivity index (χ3n) is 3.55. The van der Waals surface area contributed by atoms with Crippen molar-refractivity contribution in [3.05, 3.63) is 17.0 Å². The Morgan fingerprint density at radius 3 is 2.63 bits per heavy atom. The van der Waals surface area contributed by atoms with Gasteiger partial charge in [0.25, 0.3) is 10.0 Å². The number of nitrogens with zero attached hydrogens (tertiary/aromatic N) is 1. The van der Waals surface area contributed by atoms with E-state index in [1.807, 2.05) is 13.0 Å². The van der Waals surface area contributed by atoms with Gasteiger partial charge in [0.2, 0.25) is 0 Å². The summed E-state index contributed by atoms with van der Waals surface area (Å²) in [6, 6.07) is 3.46. The topological polar surface area (TPSA) is 74.7 Å². The fourth-order valence-corrected chi connectivity index (χ4v) is 5.00. The molecule has 7 heteroatoms. The van der Waals surface area contributed by atoms with Gasteiger partial charge in [-0.3, -0.25) is 4.79 Å². The van der Waals surface area contributed by atoms with E-state index < -0.39 is 21.9 Å². The lowest BCUT2D eigenvalue weighted by Gasteiger charge is -2.39. The number of thiophene rings is 1. The maximum Gasteiger partial charge on any atom is 0.306 e. The predicted molar refractivity (Wildman–Crippen MR) is 72.7 cm³/mol. The maximum atomic E-state index is 12.3. The summed E-state index contributed by atoms with van der Waals surface area (Å²) in [5.74, 6) is -1.45. The second kappa shape index (κ2) is 5.22. The van der Waals surface area contributed by atoms with Crippen LogP contribution in [0.5, 0.6) is 0 Å². The molecular formula is C12H17NO4S2. The summed E-state index contributed by atoms with van der Waals surface area (Å²) in [7, 11) is -3.42. The van der Waals surface area contributed by atoms with Gasteiger partial charge in [0.05, 0.1) is 5.92 Å². The standard InChI is InChI=1S/C12H17NO4S2/c1-3-10-4-5-11(18-10)19(16,17)13-6-9(7-13)8(2)12(14)15/h4-5,8-9H,3,6-7H2,1-2H3,(H,14,15). The van der Waals surface area contributed by atoms with E-state index in [9.17, 15) is 13.2 Å². The van der Waals surface area contributed by atoms with Crippen LogP contribution < -0.4 is 0 Å². The molecule has 1 unspecified atom stereocenters. The normalized spacial score (nSPS) is 19.1. The Labute approximate surface area is 116 Å². The lowest BCUT2D eigenvalue weighted by Crippen LogP contribution is -2.53. The molecule has 1 aromatic rings. The van der Waals surface area contributed by atoms with Crippen molar-refractivity contribution in [3.63, 3.8) is 0 Å². The minimum absolute atomic E-state index is 0.0853. The number of aryl methyl sites for hydroxylation is 1. The molecule has 1 aliphatic heterocycles. The van der Waals surface area contributed by atoms with Gasteiger partial charge in [-0.2, -0.15) is 4.31 Å². The molecule has 5 nitrogen and oxygen atoms in total. The molecule has 0 bridgehead atoms. The van der Waals surface area contributed by atoms with Gasteiger partial charge in [-0.25, -0.2) is 8.42 Å². The van der Waals surface area contributed by atoms with E-state index in [1.165, 1.54) is 15.6 Å². The number of hydrogen-bond acceptors (Lipinski definition) is 4. The molecule has 0 spiro atoms. The SMILES string of the molecule is CCc1ccc(S(=O)(=O)N2CC(C(C)C(=O)O)C2)s1. The minimum Gasteiger partial charge on any atom is -0.481 e. The van der Waals surface area contributed by atoms with Crippen LogP contribution in [0, 0.1) is 11.8 Å². The molecule has 0 saturated carbocycles. The van der Waals surface area contributed by atoms with Crippen LogP contribution in [0.1, 0.15) is 18.7 Å². The summed E-state index contributed by atoms with van der Waals surface area (Å²) < 4.78 is 26.3. The fourth-order valence-electron chi connectivity index (χ4n) is 2.00. The molecular weight excluding hydrogens is 286 g/mol. The van der Waals surface area contributed by atoms with Crippen molar-refractivity contribution in [1.82, 2.24) is 4.31 Å². The Morgan fingerprint density at radius 2 is 2.16 bits per heavy atom. The summed E-state index contributed by atoms with van der Waals surface area (Å²) in [6.45, 7) is 4.21.